The summed E-state index contributed by atoms with van der Waals surface area (Å²) in [7, 11) is 0. The van der Waals surface area contributed by atoms with E-state index in [0.29, 0.717) is 19.6 Å². The van der Waals surface area contributed by atoms with E-state index >= 15 is 0 Å². The lowest BCUT2D eigenvalue weighted by atomic mass is 10.1. The first-order valence-corrected chi connectivity index (χ1v) is 9.52. The number of hydrogen-bond donors (Lipinski definition) is 0. The van der Waals surface area contributed by atoms with Crippen molar-refractivity contribution in [3.8, 4) is 0 Å². The molecule has 0 bridgehead atoms. The van der Waals surface area contributed by atoms with Crippen LogP contribution < -0.4 is 0 Å². The number of rotatable bonds is 13. The van der Waals surface area contributed by atoms with E-state index in [2.05, 4.69) is 13.2 Å². The topological polar surface area (TPSA) is 55.8 Å². The fourth-order valence-corrected chi connectivity index (χ4v) is 2.99. The molecule has 1 rings (SSSR count). The molecule has 142 valence electrons. The zero-order valence-electron chi connectivity index (χ0n) is 15.4. The molecule has 0 aromatic carbocycles. The monoisotopic (exact) mass is 351 g/mol. The molecule has 0 N–H and O–H groups in total. The summed E-state index contributed by atoms with van der Waals surface area (Å²) < 4.78 is 10.4. The van der Waals surface area contributed by atoms with Crippen molar-refractivity contribution in [2.24, 2.45) is 0 Å². The highest BCUT2D eigenvalue weighted by atomic mass is 16.6. The lowest BCUT2D eigenvalue weighted by Gasteiger charge is -2.22. The van der Waals surface area contributed by atoms with Crippen molar-refractivity contribution in [1.82, 2.24) is 4.90 Å². The van der Waals surface area contributed by atoms with Crippen LogP contribution in [0.5, 0.6) is 0 Å². The SMILES string of the molecule is C=CCCCCCCCCCOC(=O)[C@@H]1CCCN1C(=O)OCC=C. The highest BCUT2D eigenvalue weighted by Crippen LogP contribution is 2.20. The number of hydrogen-bond acceptors (Lipinski definition) is 4. The van der Waals surface area contributed by atoms with Crippen LogP contribution >= 0.6 is 0 Å². The number of allylic oxidation sites excluding steroid dienone is 1. The number of unbranched alkanes of at least 4 members (excludes halogenated alkanes) is 7. The van der Waals surface area contributed by atoms with Crippen LogP contribution in [0, 0.1) is 0 Å². The van der Waals surface area contributed by atoms with Gasteiger partial charge in [-0.05, 0) is 32.1 Å². The zero-order chi connectivity index (χ0) is 18.3. The van der Waals surface area contributed by atoms with Gasteiger partial charge < -0.3 is 9.47 Å². The minimum absolute atomic E-state index is 0.157. The average molecular weight is 351 g/mol. The van der Waals surface area contributed by atoms with Crippen LogP contribution in [0.2, 0.25) is 0 Å². The Labute approximate surface area is 152 Å². The Bertz CT molecular complexity index is 422. The van der Waals surface area contributed by atoms with Crippen LogP contribution in [0.4, 0.5) is 4.79 Å². The van der Waals surface area contributed by atoms with E-state index in [1.807, 2.05) is 6.08 Å². The summed E-state index contributed by atoms with van der Waals surface area (Å²) in [6, 6.07) is -0.498. The Kier molecular flexibility index (Phi) is 11.5. The van der Waals surface area contributed by atoms with Crippen molar-refractivity contribution >= 4 is 12.1 Å². The molecule has 0 aromatic heterocycles. The molecule has 5 heteroatoms. The Balaban J connectivity index is 2.10. The van der Waals surface area contributed by atoms with E-state index < -0.39 is 12.1 Å². The largest absolute Gasteiger partial charge is 0.464 e. The molecule has 0 aromatic rings. The molecule has 1 heterocycles. The van der Waals surface area contributed by atoms with Gasteiger partial charge in [0.1, 0.15) is 12.6 Å². The molecule has 1 atom stereocenters. The molecular formula is C20H33NO4. The van der Waals surface area contributed by atoms with Crippen LogP contribution in [0.15, 0.2) is 25.3 Å². The smallest absolute Gasteiger partial charge is 0.410 e. The maximum Gasteiger partial charge on any atom is 0.410 e. The summed E-state index contributed by atoms with van der Waals surface area (Å²) in [5, 5.41) is 0. The minimum Gasteiger partial charge on any atom is -0.464 e. The van der Waals surface area contributed by atoms with Crippen LogP contribution in [0.3, 0.4) is 0 Å². The maximum absolute atomic E-state index is 12.2. The van der Waals surface area contributed by atoms with E-state index in [0.717, 1.165) is 25.7 Å². The zero-order valence-corrected chi connectivity index (χ0v) is 15.4. The van der Waals surface area contributed by atoms with Gasteiger partial charge in [-0.25, -0.2) is 9.59 Å². The Morgan fingerprint density at radius 1 is 0.960 bits per heavy atom. The van der Waals surface area contributed by atoms with Crippen LogP contribution in [0.25, 0.3) is 0 Å². The molecular weight excluding hydrogens is 318 g/mol. The molecule has 0 aliphatic carbocycles. The fraction of sp³-hybridized carbons (Fsp3) is 0.700. The first-order chi connectivity index (χ1) is 12.2. The van der Waals surface area contributed by atoms with E-state index in [4.69, 9.17) is 9.47 Å². The van der Waals surface area contributed by atoms with E-state index in [1.165, 1.54) is 43.1 Å². The van der Waals surface area contributed by atoms with Gasteiger partial charge in [-0.3, -0.25) is 4.90 Å². The van der Waals surface area contributed by atoms with E-state index in [-0.39, 0.29) is 12.6 Å². The molecule has 0 unspecified atom stereocenters. The van der Waals surface area contributed by atoms with Gasteiger partial charge in [0.2, 0.25) is 0 Å². The minimum atomic E-state index is -0.498. The molecule has 1 aliphatic heterocycles. The predicted octanol–water partition coefficient (Wildman–Crippen LogP) is 4.62. The second-order valence-corrected chi connectivity index (χ2v) is 6.44. The van der Waals surface area contributed by atoms with Gasteiger partial charge in [0.05, 0.1) is 6.61 Å². The highest BCUT2D eigenvalue weighted by Gasteiger charge is 2.36. The number of ether oxygens (including phenoxy) is 2. The summed E-state index contributed by atoms with van der Waals surface area (Å²) in [5.41, 5.74) is 0. The summed E-state index contributed by atoms with van der Waals surface area (Å²) in [4.78, 5) is 25.5. The quantitative estimate of drug-likeness (QED) is 0.276. The molecule has 1 amide bonds. The van der Waals surface area contributed by atoms with Crippen molar-refractivity contribution in [3.63, 3.8) is 0 Å². The number of carbonyl (C=O) groups is 2. The van der Waals surface area contributed by atoms with Gasteiger partial charge in [-0.2, -0.15) is 0 Å². The van der Waals surface area contributed by atoms with Crippen molar-refractivity contribution in [1.29, 1.82) is 0 Å². The molecule has 0 saturated carbocycles. The van der Waals surface area contributed by atoms with Crippen molar-refractivity contribution in [3.05, 3.63) is 25.3 Å². The Hall–Kier alpha value is -1.78. The van der Waals surface area contributed by atoms with Crippen molar-refractivity contribution < 1.29 is 19.1 Å². The summed E-state index contributed by atoms with van der Waals surface area (Å²) in [6.45, 7) is 8.37. The number of esters is 1. The molecule has 1 aliphatic rings. The molecule has 1 saturated heterocycles. The van der Waals surface area contributed by atoms with Gasteiger partial charge in [-0.15, -0.1) is 6.58 Å². The summed E-state index contributed by atoms with van der Waals surface area (Å²) >= 11 is 0. The summed E-state index contributed by atoms with van der Waals surface area (Å²) in [5.74, 6) is -0.308. The number of carbonyl (C=O) groups excluding carboxylic acids is 2. The van der Waals surface area contributed by atoms with E-state index in [1.54, 1.807) is 0 Å². The second kappa shape index (κ2) is 13.5. The third-order valence-electron chi connectivity index (χ3n) is 4.38. The highest BCUT2D eigenvalue weighted by molar-refractivity contribution is 5.82. The van der Waals surface area contributed by atoms with Crippen LogP contribution in [-0.4, -0.2) is 42.8 Å². The summed E-state index contributed by atoms with van der Waals surface area (Å²) in [6.07, 6.45) is 13.7. The molecule has 25 heavy (non-hydrogen) atoms. The second-order valence-electron chi connectivity index (χ2n) is 6.44. The molecule has 5 nitrogen and oxygen atoms in total. The third kappa shape index (κ3) is 8.75. The van der Waals surface area contributed by atoms with Gasteiger partial charge in [-0.1, -0.05) is 50.8 Å². The lowest BCUT2D eigenvalue weighted by molar-refractivity contribution is -0.148. The Morgan fingerprint density at radius 3 is 2.32 bits per heavy atom. The molecule has 0 spiro atoms. The molecule has 1 fully saturated rings. The third-order valence-corrected chi connectivity index (χ3v) is 4.38. The predicted molar refractivity (Wildman–Crippen MR) is 99.4 cm³/mol. The fourth-order valence-electron chi connectivity index (χ4n) is 2.99. The first-order valence-electron chi connectivity index (χ1n) is 9.52. The standard InChI is InChI=1S/C20H33NO4/c1-3-5-6-7-8-9-10-11-12-17-24-19(22)18-14-13-15-21(18)20(23)25-16-4-2/h3-4,18H,1-2,5-17H2/t18-/m0/s1. The van der Waals surface area contributed by atoms with Crippen molar-refractivity contribution in [2.45, 2.75) is 70.3 Å². The van der Waals surface area contributed by atoms with Gasteiger partial charge in [0.15, 0.2) is 0 Å². The van der Waals surface area contributed by atoms with E-state index in [9.17, 15) is 9.59 Å². The lowest BCUT2D eigenvalue weighted by Crippen LogP contribution is -2.41. The van der Waals surface area contributed by atoms with Gasteiger partial charge in [0.25, 0.3) is 0 Å². The number of nitrogens with zero attached hydrogens (tertiary/aromatic N) is 1. The van der Waals surface area contributed by atoms with Crippen LogP contribution in [-0.2, 0) is 14.3 Å². The Morgan fingerprint density at radius 2 is 1.64 bits per heavy atom. The first kappa shape index (κ1) is 21.3. The maximum atomic E-state index is 12.2. The van der Waals surface area contributed by atoms with Gasteiger partial charge >= 0.3 is 12.1 Å². The normalized spacial score (nSPS) is 16.5. The van der Waals surface area contributed by atoms with Crippen LogP contribution in [0.1, 0.15) is 64.2 Å². The number of likely N-dealkylation sites (tertiary alicyclic amines) is 1. The van der Waals surface area contributed by atoms with Gasteiger partial charge in [0, 0.05) is 6.54 Å². The van der Waals surface area contributed by atoms with Crippen molar-refractivity contribution in [2.75, 3.05) is 19.8 Å². The number of amides is 1. The average Bonchev–Trinajstić information content (AvgIpc) is 3.11. The molecule has 0 radical (unpaired) electrons.